The Labute approximate surface area is 130 Å². The van der Waals surface area contributed by atoms with E-state index in [0.717, 1.165) is 23.1 Å². The Morgan fingerprint density at radius 3 is 2.35 bits per heavy atom. The van der Waals surface area contributed by atoms with Crippen molar-refractivity contribution in [2.24, 2.45) is 0 Å². The zero-order valence-electron chi connectivity index (χ0n) is 12.4. The summed E-state index contributed by atoms with van der Waals surface area (Å²) in [5.41, 5.74) is -1.00. The number of amides is 2. The first-order valence-electron chi connectivity index (χ1n) is 6.77. The first kappa shape index (κ1) is 16.3. The van der Waals surface area contributed by atoms with Gasteiger partial charge in [-0.15, -0.1) is 0 Å². The number of anilines is 1. The molecule has 1 N–H and O–H groups in total. The summed E-state index contributed by atoms with van der Waals surface area (Å²) in [6.45, 7) is 3.37. The van der Waals surface area contributed by atoms with Crippen LogP contribution in [0.1, 0.15) is 20.3 Å². The van der Waals surface area contributed by atoms with Gasteiger partial charge < -0.3 is 5.32 Å². The van der Waals surface area contributed by atoms with E-state index in [1.165, 1.54) is 0 Å². The third kappa shape index (κ3) is 3.10. The number of nitro benzene ring substituents is 2. The van der Waals surface area contributed by atoms with Gasteiger partial charge in [-0.3, -0.25) is 34.7 Å². The molecule has 1 aliphatic rings. The van der Waals surface area contributed by atoms with Gasteiger partial charge in [-0.2, -0.15) is 0 Å². The molecule has 23 heavy (non-hydrogen) atoms. The number of nitrogens with one attached hydrogen (secondary N) is 1. The maximum atomic E-state index is 12.2. The Morgan fingerprint density at radius 2 is 1.87 bits per heavy atom. The topological polar surface area (TPSA) is 136 Å². The van der Waals surface area contributed by atoms with Crippen LogP contribution in [0.15, 0.2) is 18.2 Å². The minimum absolute atomic E-state index is 0.0441. The average molecular weight is 322 g/mol. The summed E-state index contributed by atoms with van der Waals surface area (Å²) < 4.78 is 0. The molecule has 0 saturated carbocycles. The van der Waals surface area contributed by atoms with Crippen molar-refractivity contribution in [3.05, 3.63) is 38.4 Å². The number of imide groups is 1. The van der Waals surface area contributed by atoms with Crippen molar-refractivity contribution >= 4 is 28.9 Å². The second-order valence-electron chi connectivity index (χ2n) is 5.31. The first-order chi connectivity index (χ1) is 10.7. The highest BCUT2D eigenvalue weighted by Crippen LogP contribution is 2.31. The van der Waals surface area contributed by atoms with Crippen molar-refractivity contribution in [2.45, 2.75) is 32.4 Å². The molecular weight excluding hydrogens is 308 g/mol. The maximum Gasteiger partial charge on any atom is 0.299 e. The molecule has 0 aliphatic carbocycles. The highest BCUT2D eigenvalue weighted by atomic mass is 16.6. The molecular formula is C13H14N4O6. The van der Waals surface area contributed by atoms with Crippen molar-refractivity contribution < 1.29 is 19.4 Å². The third-order valence-electron chi connectivity index (χ3n) is 3.42. The number of benzene rings is 1. The van der Waals surface area contributed by atoms with Crippen LogP contribution in [0.4, 0.5) is 17.1 Å². The quantitative estimate of drug-likeness (QED) is 0.492. The minimum atomic E-state index is -0.926. The largest absolute Gasteiger partial charge is 0.368 e. The number of nitro groups is 2. The van der Waals surface area contributed by atoms with Crippen LogP contribution in [0.2, 0.25) is 0 Å². The molecule has 1 heterocycles. The van der Waals surface area contributed by atoms with Gasteiger partial charge in [0.2, 0.25) is 5.91 Å². The summed E-state index contributed by atoms with van der Waals surface area (Å²) in [6.07, 6.45) is -0.120. The number of non-ortho nitro benzene ring substituents is 1. The van der Waals surface area contributed by atoms with Gasteiger partial charge in [0.1, 0.15) is 11.7 Å². The van der Waals surface area contributed by atoms with E-state index in [4.69, 9.17) is 0 Å². The van der Waals surface area contributed by atoms with E-state index in [0.29, 0.717) is 0 Å². The SMILES string of the molecule is CC(C)N1C(=O)CC(Nc2ccc([N+](=O)[O-])cc2[N+](=O)[O-])C1=O. The Hall–Kier alpha value is -3.04. The molecule has 1 aliphatic heterocycles. The lowest BCUT2D eigenvalue weighted by atomic mass is 10.2. The minimum Gasteiger partial charge on any atom is -0.368 e. The van der Waals surface area contributed by atoms with Gasteiger partial charge in [0, 0.05) is 12.1 Å². The molecule has 10 heteroatoms. The van der Waals surface area contributed by atoms with Crippen molar-refractivity contribution in [2.75, 3.05) is 5.32 Å². The van der Waals surface area contributed by atoms with Crippen LogP contribution in [-0.2, 0) is 9.59 Å². The number of carbonyl (C=O) groups excluding carboxylic acids is 2. The van der Waals surface area contributed by atoms with E-state index in [1.807, 2.05) is 0 Å². The molecule has 0 bridgehead atoms. The number of nitrogens with zero attached hydrogens (tertiary/aromatic N) is 3. The molecule has 2 rings (SSSR count). The lowest BCUT2D eigenvalue weighted by Gasteiger charge is -2.19. The number of hydrogen-bond acceptors (Lipinski definition) is 7. The highest BCUT2D eigenvalue weighted by Gasteiger charge is 2.40. The molecule has 0 aromatic heterocycles. The smallest absolute Gasteiger partial charge is 0.299 e. The number of carbonyl (C=O) groups is 2. The van der Waals surface area contributed by atoms with Gasteiger partial charge in [0.05, 0.1) is 22.3 Å². The predicted octanol–water partition coefficient (Wildman–Crippen LogP) is 1.45. The van der Waals surface area contributed by atoms with Crippen molar-refractivity contribution in [3.63, 3.8) is 0 Å². The van der Waals surface area contributed by atoms with E-state index in [2.05, 4.69) is 5.32 Å². The summed E-state index contributed by atoms with van der Waals surface area (Å²) >= 11 is 0. The van der Waals surface area contributed by atoms with E-state index in [9.17, 15) is 29.8 Å². The maximum absolute atomic E-state index is 12.2. The third-order valence-corrected chi connectivity index (χ3v) is 3.42. The van der Waals surface area contributed by atoms with Crippen LogP contribution in [0.25, 0.3) is 0 Å². The Morgan fingerprint density at radius 1 is 1.22 bits per heavy atom. The van der Waals surface area contributed by atoms with Gasteiger partial charge in [-0.1, -0.05) is 0 Å². The molecule has 10 nitrogen and oxygen atoms in total. The second kappa shape index (κ2) is 5.99. The van der Waals surface area contributed by atoms with E-state index in [-0.39, 0.29) is 24.1 Å². The number of rotatable bonds is 5. The van der Waals surface area contributed by atoms with Gasteiger partial charge in [-0.25, -0.2) is 0 Å². The monoisotopic (exact) mass is 322 g/mol. The van der Waals surface area contributed by atoms with E-state index < -0.39 is 33.2 Å². The molecule has 2 amide bonds. The molecule has 122 valence electrons. The molecule has 1 aromatic rings. The zero-order chi connectivity index (χ0) is 17.3. The molecule has 1 atom stereocenters. The Balaban J connectivity index is 2.30. The fourth-order valence-corrected chi connectivity index (χ4v) is 2.40. The van der Waals surface area contributed by atoms with Crippen LogP contribution in [0, 0.1) is 20.2 Å². The fraction of sp³-hybridized carbons (Fsp3) is 0.385. The normalized spacial score (nSPS) is 17.7. The van der Waals surface area contributed by atoms with Crippen LogP contribution < -0.4 is 5.32 Å². The Kier molecular flexibility index (Phi) is 4.25. The summed E-state index contributed by atoms with van der Waals surface area (Å²) in [5.74, 6) is -0.843. The van der Waals surface area contributed by atoms with Gasteiger partial charge >= 0.3 is 0 Å². The molecule has 0 spiro atoms. The number of hydrogen-bond donors (Lipinski definition) is 1. The van der Waals surface area contributed by atoms with Crippen molar-refractivity contribution in [1.29, 1.82) is 0 Å². The first-order valence-corrected chi connectivity index (χ1v) is 6.77. The Bertz CT molecular complexity index is 702. The summed E-state index contributed by atoms with van der Waals surface area (Å²) in [5, 5.41) is 24.4. The summed E-state index contributed by atoms with van der Waals surface area (Å²) in [6, 6.07) is 1.82. The molecule has 1 saturated heterocycles. The standard InChI is InChI=1S/C13H14N4O6/c1-7(2)15-12(18)6-10(13(15)19)14-9-4-3-8(16(20)21)5-11(9)17(22)23/h3-5,7,10,14H,6H2,1-2H3. The van der Waals surface area contributed by atoms with Crippen molar-refractivity contribution in [1.82, 2.24) is 4.90 Å². The van der Waals surface area contributed by atoms with Crippen LogP contribution in [0.3, 0.4) is 0 Å². The molecule has 1 aromatic carbocycles. The second-order valence-corrected chi connectivity index (χ2v) is 5.31. The fourth-order valence-electron chi connectivity index (χ4n) is 2.40. The van der Waals surface area contributed by atoms with Gasteiger partial charge in [-0.05, 0) is 19.9 Å². The summed E-state index contributed by atoms with van der Waals surface area (Å²) in [7, 11) is 0. The lowest BCUT2D eigenvalue weighted by molar-refractivity contribution is -0.393. The number of likely N-dealkylation sites (tertiary alicyclic amines) is 1. The average Bonchev–Trinajstić information content (AvgIpc) is 2.73. The highest BCUT2D eigenvalue weighted by molar-refractivity contribution is 6.07. The van der Waals surface area contributed by atoms with E-state index in [1.54, 1.807) is 13.8 Å². The summed E-state index contributed by atoms with van der Waals surface area (Å²) in [4.78, 5) is 45.3. The molecule has 1 fully saturated rings. The predicted molar refractivity (Wildman–Crippen MR) is 78.8 cm³/mol. The zero-order valence-corrected chi connectivity index (χ0v) is 12.4. The van der Waals surface area contributed by atoms with E-state index >= 15 is 0 Å². The van der Waals surface area contributed by atoms with Crippen LogP contribution >= 0.6 is 0 Å². The van der Waals surface area contributed by atoms with Gasteiger partial charge in [0.25, 0.3) is 17.3 Å². The van der Waals surface area contributed by atoms with Crippen LogP contribution in [-0.4, -0.2) is 38.6 Å². The van der Waals surface area contributed by atoms with Crippen LogP contribution in [0.5, 0.6) is 0 Å². The lowest BCUT2D eigenvalue weighted by Crippen LogP contribution is -2.39. The molecule has 0 radical (unpaired) electrons. The van der Waals surface area contributed by atoms with Gasteiger partial charge in [0.15, 0.2) is 0 Å². The molecule has 1 unspecified atom stereocenters. The van der Waals surface area contributed by atoms with Crippen molar-refractivity contribution in [3.8, 4) is 0 Å².